The maximum atomic E-state index is 12.8. The average molecular weight is 415 g/mol. The van der Waals surface area contributed by atoms with Gasteiger partial charge in [0, 0.05) is 22.0 Å². The van der Waals surface area contributed by atoms with Gasteiger partial charge in [-0.05, 0) is 67.9 Å². The fourth-order valence-electron chi connectivity index (χ4n) is 6.18. The molecule has 1 aromatic heterocycles. The van der Waals surface area contributed by atoms with Crippen LogP contribution in [0.3, 0.4) is 0 Å². The number of halogens is 1. The number of nitrogens with zero attached hydrogens (tertiary/aromatic N) is 2. The molecule has 4 aliphatic carbocycles. The molecule has 2 aromatic rings. The van der Waals surface area contributed by atoms with Gasteiger partial charge in [-0.1, -0.05) is 28.1 Å². The van der Waals surface area contributed by atoms with Crippen LogP contribution in [0, 0.1) is 17.3 Å². The molecule has 4 bridgehead atoms. The van der Waals surface area contributed by atoms with Crippen LogP contribution in [-0.2, 0) is 4.79 Å². The van der Waals surface area contributed by atoms with Crippen LogP contribution >= 0.6 is 15.9 Å². The Morgan fingerprint density at radius 3 is 2.77 bits per heavy atom. The van der Waals surface area contributed by atoms with Crippen molar-refractivity contribution in [1.82, 2.24) is 15.2 Å². The molecule has 1 amide bonds. The predicted molar refractivity (Wildman–Crippen MR) is 104 cm³/mol. The third-order valence-corrected chi connectivity index (χ3v) is 7.41. The van der Waals surface area contributed by atoms with E-state index in [9.17, 15) is 4.79 Å². The van der Waals surface area contributed by atoms with Crippen LogP contribution in [-0.4, -0.2) is 25.4 Å². The second-order valence-electron chi connectivity index (χ2n) is 8.75. The topological polar surface area (TPSA) is 70.7 Å². The average Bonchev–Trinajstić information content (AvgIpc) is 3.06. The molecule has 0 radical (unpaired) electrons. The number of nitrogens with one attached hydrogen (secondary N) is 2. The highest BCUT2D eigenvalue weighted by Crippen LogP contribution is 2.65. The van der Waals surface area contributed by atoms with Crippen LogP contribution in [0.1, 0.15) is 44.9 Å². The van der Waals surface area contributed by atoms with Crippen molar-refractivity contribution in [2.45, 2.75) is 49.3 Å². The highest BCUT2D eigenvalue weighted by atomic mass is 79.9. The van der Waals surface area contributed by atoms with E-state index in [1.54, 1.807) is 0 Å². The number of amides is 1. The van der Waals surface area contributed by atoms with Gasteiger partial charge < -0.3 is 5.32 Å². The number of alkyl halides is 1. The van der Waals surface area contributed by atoms with Crippen molar-refractivity contribution in [3.63, 3.8) is 0 Å². The van der Waals surface area contributed by atoms with Gasteiger partial charge in [-0.25, -0.2) is 4.98 Å². The van der Waals surface area contributed by atoms with Gasteiger partial charge in [-0.15, -0.1) is 0 Å². The molecule has 6 heteroatoms. The maximum Gasteiger partial charge on any atom is 0.224 e. The molecule has 2 N–H and O–H groups in total. The Balaban J connectivity index is 1.30. The first kappa shape index (κ1) is 16.5. The molecule has 1 aromatic carbocycles. The molecule has 1 heterocycles. The number of anilines is 1. The highest BCUT2D eigenvalue weighted by Gasteiger charge is 2.57. The van der Waals surface area contributed by atoms with E-state index in [0.29, 0.717) is 16.6 Å². The Bertz CT molecular complexity index is 820. The van der Waals surface area contributed by atoms with Gasteiger partial charge in [0.25, 0.3) is 0 Å². The normalized spacial score (nSPS) is 34.8. The van der Waals surface area contributed by atoms with Crippen molar-refractivity contribution in [1.29, 1.82) is 0 Å². The zero-order valence-corrected chi connectivity index (χ0v) is 16.3. The van der Waals surface area contributed by atoms with Crippen LogP contribution in [0.4, 0.5) is 5.69 Å². The summed E-state index contributed by atoms with van der Waals surface area (Å²) in [6, 6.07) is 7.78. The Morgan fingerprint density at radius 1 is 1.27 bits per heavy atom. The maximum absolute atomic E-state index is 12.8. The number of aromatic amines is 1. The number of aromatic nitrogens is 3. The Kier molecular flexibility index (Phi) is 3.75. The molecule has 136 valence electrons. The summed E-state index contributed by atoms with van der Waals surface area (Å²) in [5, 5.41) is 9.87. The van der Waals surface area contributed by atoms with Crippen LogP contribution in [0.25, 0.3) is 11.4 Å². The molecule has 2 atom stereocenters. The minimum Gasteiger partial charge on any atom is -0.326 e. The van der Waals surface area contributed by atoms with E-state index in [-0.39, 0.29) is 11.3 Å². The van der Waals surface area contributed by atoms with Crippen molar-refractivity contribution in [3.8, 4) is 11.4 Å². The minimum absolute atomic E-state index is 0.137. The second-order valence-corrected chi connectivity index (χ2v) is 10.4. The van der Waals surface area contributed by atoms with Crippen LogP contribution < -0.4 is 5.32 Å². The van der Waals surface area contributed by atoms with Gasteiger partial charge in [0.05, 0.1) is 0 Å². The standard InChI is InChI=1S/C20H23BrN4O/c21-20-8-13-4-14(9-20)7-19(6-13,11-20)10-17(26)24-16-3-1-2-15(5-16)18-22-12-23-25-18/h1-3,5,12-14H,4,6-11H2,(H,24,26)(H,22,23,25). The minimum atomic E-state index is 0.137. The molecule has 5 nitrogen and oxygen atoms in total. The van der Waals surface area contributed by atoms with E-state index in [1.165, 1.54) is 38.4 Å². The molecule has 26 heavy (non-hydrogen) atoms. The van der Waals surface area contributed by atoms with Crippen molar-refractivity contribution in [2.75, 3.05) is 5.32 Å². The number of H-pyrrole nitrogens is 1. The molecule has 0 saturated heterocycles. The lowest BCUT2D eigenvalue weighted by Gasteiger charge is -2.60. The number of carbonyl (C=O) groups excluding carboxylic acids is 1. The van der Waals surface area contributed by atoms with E-state index in [4.69, 9.17) is 0 Å². The summed E-state index contributed by atoms with van der Waals surface area (Å²) in [5.74, 6) is 2.46. The third kappa shape index (κ3) is 2.98. The first-order chi connectivity index (χ1) is 12.5. The molecule has 0 spiro atoms. The van der Waals surface area contributed by atoms with E-state index in [1.807, 2.05) is 24.3 Å². The molecular formula is C20H23BrN4O. The van der Waals surface area contributed by atoms with Crippen LogP contribution in [0.15, 0.2) is 30.6 Å². The number of carbonyl (C=O) groups is 1. The molecule has 2 unspecified atom stereocenters. The second kappa shape index (κ2) is 5.91. The Morgan fingerprint density at radius 2 is 2.08 bits per heavy atom. The van der Waals surface area contributed by atoms with Crippen molar-refractivity contribution < 1.29 is 4.79 Å². The molecule has 6 rings (SSSR count). The monoisotopic (exact) mass is 414 g/mol. The zero-order valence-electron chi connectivity index (χ0n) is 14.7. The summed E-state index contributed by atoms with van der Waals surface area (Å²) < 4.78 is 0.295. The summed E-state index contributed by atoms with van der Waals surface area (Å²) in [6.07, 6.45) is 9.70. The third-order valence-electron chi connectivity index (χ3n) is 6.48. The van der Waals surface area contributed by atoms with Gasteiger partial charge in [0.2, 0.25) is 5.91 Å². The smallest absolute Gasteiger partial charge is 0.224 e. The summed E-state index contributed by atoms with van der Waals surface area (Å²) in [5.41, 5.74) is 1.94. The van der Waals surface area contributed by atoms with Crippen molar-refractivity contribution >= 4 is 27.5 Å². The first-order valence-corrected chi connectivity index (χ1v) is 10.2. The van der Waals surface area contributed by atoms with E-state index < -0.39 is 0 Å². The molecule has 4 saturated carbocycles. The Labute approximate surface area is 161 Å². The lowest BCUT2D eigenvalue weighted by atomic mass is 9.48. The number of rotatable bonds is 4. The molecule has 0 aliphatic heterocycles. The van der Waals surface area contributed by atoms with Gasteiger partial charge in [-0.2, -0.15) is 5.10 Å². The molecular weight excluding hydrogens is 392 g/mol. The number of benzene rings is 1. The first-order valence-electron chi connectivity index (χ1n) is 9.46. The number of hydrogen-bond acceptors (Lipinski definition) is 3. The van der Waals surface area contributed by atoms with Gasteiger partial charge in [0.15, 0.2) is 5.82 Å². The molecule has 4 aliphatic rings. The fourth-order valence-corrected chi connectivity index (χ4v) is 7.69. The van der Waals surface area contributed by atoms with Gasteiger partial charge in [0.1, 0.15) is 6.33 Å². The molecule has 4 fully saturated rings. The largest absolute Gasteiger partial charge is 0.326 e. The van der Waals surface area contributed by atoms with Gasteiger partial charge >= 0.3 is 0 Å². The van der Waals surface area contributed by atoms with E-state index in [2.05, 4.69) is 36.4 Å². The van der Waals surface area contributed by atoms with Gasteiger partial charge in [-0.3, -0.25) is 9.89 Å². The fraction of sp³-hybridized carbons (Fsp3) is 0.550. The number of hydrogen-bond donors (Lipinski definition) is 2. The lowest BCUT2D eigenvalue weighted by molar-refractivity contribution is -0.123. The van der Waals surface area contributed by atoms with E-state index in [0.717, 1.165) is 29.5 Å². The summed E-state index contributed by atoms with van der Waals surface area (Å²) in [6.45, 7) is 0. The van der Waals surface area contributed by atoms with Crippen molar-refractivity contribution in [3.05, 3.63) is 30.6 Å². The lowest BCUT2D eigenvalue weighted by Crippen LogP contribution is -2.53. The summed E-state index contributed by atoms with van der Waals surface area (Å²) >= 11 is 4.03. The highest BCUT2D eigenvalue weighted by molar-refractivity contribution is 9.10. The predicted octanol–water partition coefficient (Wildman–Crippen LogP) is 4.53. The SMILES string of the molecule is O=C(CC12CC3CC(CC(Br)(C3)C1)C2)Nc1cccc(-c2ncn[nH]2)c1. The van der Waals surface area contributed by atoms with E-state index >= 15 is 0 Å². The Hall–Kier alpha value is -1.69. The van der Waals surface area contributed by atoms with Crippen LogP contribution in [0.2, 0.25) is 0 Å². The summed E-state index contributed by atoms with van der Waals surface area (Å²) in [7, 11) is 0. The van der Waals surface area contributed by atoms with Crippen molar-refractivity contribution in [2.24, 2.45) is 17.3 Å². The van der Waals surface area contributed by atoms with Crippen LogP contribution in [0.5, 0.6) is 0 Å². The summed E-state index contributed by atoms with van der Waals surface area (Å²) in [4.78, 5) is 17.0. The zero-order chi connectivity index (χ0) is 17.8. The quantitative estimate of drug-likeness (QED) is 0.721.